The van der Waals surface area contributed by atoms with Crippen LogP contribution in [0.1, 0.15) is 36.1 Å². The maximum atomic E-state index is 3.58. The third-order valence-electron chi connectivity index (χ3n) is 3.46. The summed E-state index contributed by atoms with van der Waals surface area (Å²) >= 11 is 5.45. The first-order valence-corrected chi connectivity index (χ1v) is 8.95. The second-order valence-electron chi connectivity index (χ2n) is 5.07. The number of halogens is 1. The summed E-state index contributed by atoms with van der Waals surface area (Å²) < 4.78 is 1.17. The van der Waals surface area contributed by atoms with E-state index in [0.717, 1.165) is 13.1 Å². The van der Waals surface area contributed by atoms with Crippen LogP contribution in [0.15, 0.2) is 46.3 Å². The van der Waals surface area contributed by atoms with E-state index in [4.69, 9.17) is 0 Å². The average molecular weight is 352 g/mol. The smallest absolute Gasteiger partial charge is 0.0178 e. The molecule has 0 radical (unpaired) electrons. The van der Waals surface area contributed by atoms with Gasteiger partial charge in [0.25, 0.3) is 0 Å². The van der Waals surface area contributed by atoms with Gasteiger partial charge in [-0.2, -0.15) is 0 Å². The van der Waals surface area contributed by atoms with Gasteiger partial charge in [0.2, 0.25) is 0 Å². The number of hydrogen-bond acceptors (Lipinski definition) is 2. The number of aryl methyl sites for hydroxylation is 1. The molecule has 0 fully saturated rings. The average Bonchev–Trinajstić information content (AvgIpc) is 2.96. The molecule has 0 saturated heterocycles. The van der Waals surface area contributed by atoms with Crippen molar-refractivity contribution in [2.45, 2.75) is 32.1 Å². The molecule has 0 aliphatic carbocycles. The Bertz CT molecular complexity index is 495. The minimum atomic E-state index is 0.584. The molecule has 1 atom stereocenters. The Balaban J connectivity index is 1.99. The second-order valence-corrected chi connectivity index (χ2v) is 7.02. The van der Waals surface area contributed by atoms with Crippen LogP contribution >= 0.6 is 27.3 Å². The van der Waals surface area contributed by atoms with Gasteiger partial charge in [0.05, 0.1) is 0 Å². The Morgan fingerprint density at radius 1 is 1.25 bits per heavy atom. The predicted molar refractivity (Wildman–Crippen MR) is 92.7 cm³/mol. The summed E-state index contributed by atoms with van der Waals surface area (Å²) in [5.41, 5.74) is 1.43. The van der Waals surface area contributed by atoms with E-state index >= 15 is 0 Å². The van der Waals surface area contributed by atoms with Gasteiger partial charge in [0.1, 0.15) is 0 Å². The quantitative estimate of drug-likeness (QED) is 0.642. The minimum Gasteiger partial charge on any atom is -0.316 e. The van der Waals surface area contributed by atoms with E-state index in [-0.39, 0.29) is 0 Å². The Kier molecular flexibility index (Phi) is 6.77. The van der Waals surface area contributed by atoms with Crippen molar-refractivity contribution in [3.63, 3.8) is 0 Å². The third-order valence-corrected chi connectivity index (χ3v) is 4.89. The zero-order chi connectivity index (χ0) is 14.2. The Labute approximate surface area is 134 Å². The maximum absolute atomic E-state index is 3.58. The number of thiophene rings is 1. The molecule has 1 unspecified atom stereocenters. The van der Waals surface area contributed by atoms with Crippen LogP contribution in [-0.2, 0) is 6.42 Å². The lowest BCUT2D eigenvalue weighted by atomic mass is 9.94. The molecular weight excluding hydrogens is 330 g/mol. The highest BCUT2D eigenvalue weighted by Gasteiger charge is 2.12. The topological polar surface area (TPSA) is 12.0 Å². The van der Waals surface area contributed by atoms with Crippen LogP contribution in [0.3, 0.4) is 0 Å². The van der Waals surface area contributed by atoms with E-state index in [1.54, 1.807) is 0 Å². The van der Waals surface area contributed by atoms with Gasteiger partial charge in [-0.15, -0.1) is 11.3 Å². The van der Waals surface area contributed by atoms with E-state index in [0.29, 0.717) is 5.92 Å². The molecule has 2 rings (SSSR count). The van der Waals surface area contributed by atoms with Crippen LogP contribution in [0.2, 0.25) is 0 Å². The Morgan fingerprint density at radius 2 is 2.15 bits per heavy atom. The summed E-state index contributed by atoms with van der Waals surface area (Å²) in [5.74, 6) is 0.584. The minimum absolute atomic E-state index is 0.584. The van der Waals surface area contributed by atoms with Crippen molar-refractivity contribution >= 4 is 27.3 Å². The molecule has 2 aromatic rings. The van der Waals surface area contributed by atoms with Crippen LogP contribution in [0.4, 0.5) is 0 Å². The Morgan fingerprint density at radius 3 is 2.85 bits per heavy atom. The van der Waals surface area contributed by atoms with Gasteiger partial charge in [0, 0.05) is 15.9 Å². The lowest BCUT2D eigenvalue weighted by molar-refractivity contribution is 0.550. The summed E-state index contributed by atoms with van der Waals surface area (Å²) in [5, 5.41) is 5.74. The van der Waals surface area contributed by atoms with E-state index < -0.39 is 0 Å². The molecular formula is C17H22BrNS. The van der Waals surface area contributed by atoms with Crippen molar-refractivity contribution in [2.75, 3.05) is 13.1 Å². The number of nitrogens with one attached hydrogen (secondary N) is 1. The maximum Gasteiger partial charge on any atom is 0.0178 e. The standard InChI is InChI=1S/C17H22BrNS/c1-2-10-19-13-15(8-9-17-7-4-11-20-17)14-5-3-6-16(18)12-14/h3-7,11-12,15,19H,2,8-10,13H2,1H3. The van der Waals surface area contributed by atoms with Crippen LogP contribution in [0.25, 0.3) is 0 Å². The molecule has 0 aliphatic heterocycles. The van der Waals surface area contributed by atoms with Crippen molar-refractivity contribution in [2.24, 2.45) is 0 Å². The van der Waals surface area contributed by atoms with Crippen LogP contribution in [0.5, 0.6) is 0 Å². The monoisotopic (exact) mass is 351 g/mol. The molecule has 108 valence electrons. The van der Waals surface area contributed by atoms with E-state index in [1.165, 1.54) is 34.2 Å². The predicted octanol–water partition coefficient (Wildman–Crippen LogP) is 5.23. The summed E-state index contributed by atoms with van der Waals surface area (Å²) in [6.45, 7) is 4.38. The zero-order valence-corrected chi connectivity index (χ0v) is 14.3. The molecule has 0 bridgehead atoms. The highest BCUT2D eigenvalue weighted by atomic mass is 79.9. The fourth-order valence-electron chi connectivity index (χ4n) is 2.37. The molecule has 1 nitrogen and oxygen atoms in total. The van der Waals surface area contributed by atoms with Gasteiger partial charge in [0.15, 0.2) is 0 Å². The first-order chi connectivity index (χ1) is 9.79. The number of hydrogen-bond donors (Lipinski definition) is 1. The normalized spacial score (nSPS) is 12.5. The first-order valence-electron chi connectivity index (χ1n) is 7.28. The van der Waals surface area contributed by atoms with Crippen LogP contribution in [-0.4, -0.2) is 13.1 Å². The summed E-state index contributed by atoms with van der Waals surface area (Å²) in [4.78, 5) is 1.49. The van der Waals surface area contributed by atoms with Gasteiger partial charge in [-0.3, -0.25) is 0 Å². The molecule has 1 aromatic carbocycles. The van der Waals surface area contributed by atoms with Gasteiger partial charge in [-0.25, -0.2) is 0 Å². The molecule has 1 heterocycles. The largest absolute Gasteiger partial charge is 0.316 e. The molecule has 0 amide bonds. The van der Waals surface area contributed by atoms with Gasteiger partial charge < -0.3 is 5.32 Å². The second kappa shape index (κ2) is 8.60. The molecule has 1 N–H and O–H groups in total. The van der Waals surface area contributed by atoms with E-state index in [2.05, 4.69) is 69.9 Å². The highest BCUT2D eigenvalue weighted by Crippen LogP contribution is 2.25. The molecule has 3 heteroatoms. The molecule has 0 saturated carbocycles. The van der Waals surface area contributed by atoms with Crippen LogP contribution < -0.4 is 5.32 Å². The number of rotatable bonds is 8. The van der Waals surface area contributed by atoms with Crippen molar-refractivity contribution < 1.29 is 0 Å². The highest BCUT2D eigenvalue weighted by molar-refractivity contribution is 9.10. The van der Waals surface area contributed by atoms with Gasteiger partial charge in [-0.05, 0) is 60.9 Å². The lowest BCUT2D eigenvalue weighted by Crippen LogP contribution is -2.22. The first kappa shape index (κ1) is 15.7. The van der Waals surface area contributed by atoms with Crippen molar-refractivity contribution in [1.29, 1.82) is 0 Å². The van der Waals surface area contributed by atoms with E-state index in [9.17, 15) is 0 Å². The summed E-state index contributed by atoms with van der Waals surface area (Å²) in [6, 6.07) is 13.1. The van der Waals surface area contributed by atoms with Crippen molar-refractivity contribution in [3.05, 3.63) is 56.7 Å². The molecule has 0 spiro atoms. The fourth-order valence-corrected chi connectivity index (χ4v) is 3.51. The zero-order valence-electron chi connectivity index (χ0n) is 11.9. The van der Waals surface area contributed by atoms with E-state index in [1.807, 2.05) is 11.3 Å². The van der Waals surface area contributed by atoms with Crippen LogP contribution in [0, 0.1) is 0 Å². The SMILES string of the molecule is CCCNCC(CCc1cccs1)c1cccc(Br)c1. The van der Waals surface area contributed by atoms with Gasteiger partial charge in [-0.1, -0.05) is 41.1 Å². The van der Waals surface area contributed by atoms with Gasteiger partial charge >= 0.3 is 0 Å². The molecule has 1 aromatic heterocycles. The summed E-state index contributed by atoms with van der Waals surface area (Å²) in [6.07, 6.45) is 3.56. The van der Waals surface area contributed by atoms with Crippen molar-refractivity contribution in [3.8, 4) is 0 Å². The molecule has 0 aliphatic rings. The fraction of sp³-hybridized carbons (Fsp3) is 0.412. The number of benzene rings is 1. The lowest BCUT2D eigenvalue weighted by Gasteiger charge is -2.18. The molecule has 20 heavy (non-hydrogen) atoms. The summed E-state index contributed by atoms with van der Waals surface area (Å²) in [7, 11) is 0. The Hall–Kier alpha value is -0.640. The van der Waals surface area contributed by atoms with Crippen molar-refractivity contribution in [1.82, 2.24) is 5.32 Å². The third kappa shape index (κ3) is 5.04.